The average molecular weight is 443 g/mol. The van der Waals surface area contributed by atoms with Crippen LogP contribution < -0.4 is 14.5 Å². The van der Waals surface area contributed by atoms with E-state index >= 15 is 0 Å². The van der Waals surface area contributed by atoms with Crippen LogP contribution in [0, 0.1) is 0 Å². The molecule has 0 radical (unpaired) electrons. The molecule has 2 atom stereocenters. The van der Waals surface area contributed by atoms with Crippen molar-refractivity contribution in [2.24, 2.45) is 0 Å². The predicted octanol–water partition coefficient (Wildman–Crippen LogP) is 6.01. The number of anilines is 2. The Bertz CT molecular complexity index is 1110. The van der Waals surface area contributed by atoms with Crippen LogP contribution in [0.15, 0.2) is 78.9 Å². The third kappa shape index (κ3) is 4.49. The van der Waals surface area contributed by atoms with Crippen LogP contribution >= 0.6 is 0 Å². The molecule has 0 aromatic heterocycles. The predicted molar refractivity (Wildman–Crippen MR) is 132 cm³/mol. The van der Waals surface area contributed by atoms with Gasteiger partial charge < -0.3 is 14.5 Å². The summed E-state index contributed by atoms with van der Waals surface area (Å²) in [6.07, 6.45) is 1.07. The lowest BCUT2D eigenvalue weighted by molar-refractivity contribution is -0.118. The summed E-state index contributed by atoms with van der Waals surface area (Å²) < 4.78 is 5.52. The minimum Gasteiger partial charge on any atom is -0.494 e. The van der Waals surface area contributed by atoms with Gasteiger partial charge in [0.05, 0.1) is 12.6 Å². The first kappa shape index (κ1) is 22.6. The smallest absolute Gasteiger partial charge is 0.258 e. The topological polar surface area (TPSA) is 49.9 Å². The van der Waals surface area contributed by atoms with Crippen molar-refractivity contribution in [2.45, 2.75) is 45.7 Å². The zero-order chi connectivity index (χ0) is 23.4. The van der Waals surface area contributed by atoms with Crippen molar-refractivity contribution in [3.8, 4) is 5.75 Å². The van der Waals surface area contributed by atoms with Crippen molar-refractivity contribution in [3.05, 3.63) is 90.0 Å². The lowest BCUT2D eigenvalue weighted by atomic mass is 9.89. The van der Waals surface area contributed by atoms with Crippen molar-refractivity contribution in [1.82, 2.24) is 0 Å². The van der Waals surface area contributed by atoms with E-state index < -0.39 is 0 Å². The van der Waals surface area contributed by atoms with Crippen LogP contribution in [-0.2, 0) is 4.79 Å². The van der Waals surface area contributed by atoms with E-state index in [-0.39, 0.29) is 23.9 Å². The number of benzene rings is 3. The number of hydrogen-bond acceptors (Lipinski definition) is 3. The first-order valence-electron chi connectivity index (χ1n) is 11.6. The Morgan fingerprint density at radius 3 is 2.27 bits per heavy atom. The third-order valence-electron chi connectivity index (χ3n) is 6.11. The van der Waals surface area contributed by atoms with Gasteiger partial charge in [-0.3, -0.25) is 9.59 Å². The minimum atomic E-state index is -0.143. The SMILES string of the molecule is CCOc1ccc(C(=O)N2c3ccccc3C(N(C(=O)CC)c3ccccc3)CC2C)cc1. The molecule has 0 saturated heterocycles. The largest absolute Gasteiger partial charge is 0.494 e. The number of para-hydroxylation sites is 2. The van der Waals surface area contributed by atoms with Crippen molar-refractivity contribution < 1.29 is 14.3 Å². The Balaban J connectivity index is 1.73. The number of fused-ring (bicyclic) bond motifs is 1. The molecule has 170 valence electrons. The van der Waals surface area contributed by atoms with Crippen molar-refractivity contribution >= 4 is 23.2 Å². The molecule has 2 amide bonds. The number of nitrogens with zero attached hydrogens (tertiary/aromatic N) is 2. The molecule has 3 aromatic carbocycles. The van der Waals surface area contributed by atoms with Gasteiger partial charge in [0, 0.05) is 29.4 Å². The molecule has 0 bridgehead atoms. The van der Waals surface area contributed by atoms with Crippen LogP contribution in [-0.4, -0.2) is 24.5 Å². The van der Waals surface area contributed by atoms with Crippen LogP contribution in [0.4, 0.5) is 11.4 Å². The molecule has 2 unspecified atom stereocenters. The number of amides is 2. The van der Waals surface area contributed by atoms with Crippen molar-refractivity contribution in [1.29, 1.82) is 0 Å². The molecule has 5 heteroatoms. The summed E-state index contributed by atoms with van der Waals surface area (Å²) in [5, 5.41) is 0. The maximum Gasteiger partial charge on any atom is 0.258 e. The fraction of sp³-hybridized carbons (Fsp3) is 0.286. The Labute approximate surface area is 195 Å². The van der Waals surface area contributed by atoms with E-state index in [0.29, 0.717) is 25.0 Å². The monoisotopic (exact) mass is 442 g/mol. The lowest BCUT2D eigenvalue weighted by Gasteiger charge is -2.43. The normalized spacial score (nSPS) is 17.2. The summed E-state index contributed by atoms with van der Waals surface area (Å²) in [7, 11) is 0. The molecule has 4 rings (SSSR count). The highest BCUT2D eigenvalue weighted by molar-refractivity contribution is 6.07. The highest BCUT2D eigenvalue weighted by atomic mass is 16.5. The molecule has 0 saturated carbocycles. The second-order valence-corrected chi connectivity index (χ2v) is 8.24. The second kappa shape index (κ2) is 9.90. The van der Waals surface area contributed by atoms with E-state index in [1.165, 1.54) is 0 Å². The summed E-state index contributed by atoms with van der Waals surface area (Å²) in [6.45, 7) is 6.45. The van der Waals surface area contributed by atoms with Crippen LogP contribution in [0.3, 0.4) is 0 Å². The van der Waals surface area contributed by atoms with E-state index in [4.69, 9.17) is 4.74 Å². The molecule has 1 aliphatic rings. The number of carbonyl (C=O) groups excluding carboxylic acids is 2. The molecule has 0 fully saturated rings. The Kier molecular flexibility index (Phi) is 6.78. The van der Waals surface area contributed by atoms with Gasteiger partial charge in [-0.15, -0.1) is 0 Å². The minimum absolute atomic E-state index is 0.0514. The molecule has 1 aliphatic heterocycles. The zero-order valence-corrected chi connectivity index (χ0v) is 19.4. The summed E-state index contributed by atoms with van der Waals surface area (Å²) in [5.74, 6) is 0.766. The molecule has 0 spiro atoms. The Hall–Kier alpha value is -3.60. The fourth-order valence-corrected chi connectivity index (χ4v) is 4.59. The van der Waals surface area contributed by atoms with Gasteiger partial charge in [-0.2, -0.15) is 0 Å². The van der Waals surface area contributed by atoms with Crippen LogP contribution in [0.5, 0.6) is 5.75 Å². The molecule has 0 N–H and O–H groups in total. The van der Waals surface area contributed by atoms with Gasteiger partial charge in [-0.25, -0.2) is 0 Å². The molecule has 3 aromatic rings. The van der Waals surface area contributed by atoms with Gasteiger partial charge in [-0.05, 0) is 68.3 Å². The van der Waals surface area contributed by atoms with E-state index in [1.54, 1.807) is 0 Å². The summed E-state index contributed by atoms with van der Waals surface area (Å²) in [4.78, 5) is 30.4. The number of ether oxygens (including phenoxy) is 1. The van der Waals surface area contributed by atoms with Crippen molar-refractivity contribution in [2.75, 3.05) is 16.4 Å². The van der Waals surface area contributed by atoms with E-state index in [2.05, 4.69) is 6.92 Å². The first-order valence-corrected chi connectivity index (χ1v) is 11.6. The van der Waals surface area contributed by atoms with Gasteiger partial charge in [0.1, 0.15) is 5.75 Å². The van der Waals surface area contributed by atoms with E-state index in [9.17, 15) is 9.59 Å². The molecular weight excluding hydrogens is 412 g/mol. The van der Waals surface area contributed by atoms with Gasteiger partial charge in [-0.1, -0.05) is 43.3 Å². The van der Waals surface area contributed by atoms with E-state index in [1.807, 2.05) is 103 Å². The Morgan fingerprint density at radius 1 is 0.939 bits per heavy atom. The maximum atomic E-state index is 13.6. The molecule has 5 nitrogen and oxygen atoms in total. The van der Waals surface area contributed by atoms with Gasteiger partial charge in [0.2, 0.25) is 5.91 Å². The summed E-state index contributed by atoms with van der Waals surface area (Å²) in [5.41, 5.74) is 3.33. The molecule has 33 heavy (non-hydrogen) atoms. The fourth-order valence-electron chi connectivity index (χ4n) is 4.59. The highest BCUT2D eigenvalue weighted by Gasteiger charge is 2.38. The summed E-state index contributed by atoms with van der Waals surface area (Å²) >= 11 is 0. The summed E-state index contributed by atoms with van der Waals surface area (Å²) in [6, 6.07) is 24.8. The average Bonchev–Trinajstić information content (AvgIpc) is 2.85. The third-order valence-corrected chi connectivity index (χ3v) is 6.11. The quantitative estimate of drug-likeness (QED) is 0.470. The van der Waals surface area contributed by atoms with Gasteiger partial charge >= 0.3 is 0 Å². The number of carbonyl (C=O) groups is 2. The Morgan fingerprint density at radius 2 is 1.61 bits per heavy atom. The zero-order valence-electron chi connectivity index (χ0n) is 19.4. The molecule has 0 aliphatic carbocycles. The van der Waals surface area contributed by atoms with Crippen LogP contribution in [0.1, 0.15) is 55.6 Å². The molecule has 1 heterocycles. The van der Waals surface area contributed by atoms with Crippen LogP contribution in [0.25, 0.3) is 0 Å². The van der Waals surface area contributed by atoms with Gasteiger partial charge in [0.15, 0.2) is 0 Å². The van der Waals surface area contributed by atoms with Crippen molar-refractivity contribution in [3.63, 3.8) is 0 Å². The lowest BCUT2D eigenvalue weighted by Crippen LogP contribution is -2.47. The van der Waals surface area contributed by atoms with E-state index in [0.717, 1.165) is 22.7 Å². The number of hydrogen-bond donors (Lipinski definition) is 0. The first-order chi connectivity index (χ1) is 16.0. The van der Waals surface area contributed by atoms with Crippen LogP contribution in [0.2, 0.25) is 0 Å². The standard InChI is InChI=1S/C28H30N2O3/c1-4-27(31)30(22-11-7-6-8-12-22)26-19-20(3)29(25-14-10-9-13-24(25)26)28(32)21-15-17-23(18-16-21)33-5-2/h6-18,20,26H,4-5,19H2,1-3H3. The molecular formula is C28H30N2O3. The van der Waals surface area contributed by atoms with Gasteiger partial charge in [0.25, 0.3) is 5.91 Å². The second-order valence-electron chi connectivity index (χ2n) is 8.24. The maximum absolute atomic E-state index is 13.6. The highest BCUT2D eigenvalue weighted by Crippen LogP contribution is 2.42. The number of rotatable bonds is 6.